The van der Waals surface area contributed by atoms with E-state index < -0.39 is 0 Å². The van der Waals surface area contributed by atoms with Gasteiger partial charge in [-0.2, -0.15) is 0 Å². The Bertz CT molecular complexity index is 115. The van der Waals surface area contributed by atoms with E-state index in [-0.39, 0.29) is 30.7 Å². The summed E-state index contributed by atoms with van der Waals surface area (Å²) in [6.45, 7) is 8.09. The molecule has 61 valence electrons. The topological polar surface area (TPSA) is 43.1 Å². The number of carbonyl (C=O) groups is 1. The Hall–Kier alpha value is 0.0674. The summed E-state index contributed by atoms with van der Waals surface area (Å²) in [5.41, 5.74) is 5.20. The van der Waals surface area contributed by atoms with E-state index in [4.69, 9.17) is 5.73 Å². The zero-order valence-corrected chi connectivity index (χ0v) is 8.22. The molecular formula is C8H17LiNO. The van der Waals surface area contributed by atoms with Gasteiger partial charge in [0.15, 0.2) is 0 Å². The molecule has 0 spiro atoms. The van der Waals surface area contributed by atoms with Gasteiger partial charge in [0.1, 0.15) is 0 Å². The predicted molar refractivity (Wildman–Crippen MR) is 48.1 cm³/mol. The van der Waals surface area contributed by atoms with Crippen LogP contribution in [0.2, 0.25) is 0 Å². The summed E-state index contributed by atoms with van der Waals surface area (Å²) < 4.78 is 0. The van der Waals surface area contributed by atoms with E-state index >= 15 is 0 Å². The third-order valence-corrected chi connectivity index (χ3v) is 1.76. The molecule has 1 radical (unpaired) electrons. The molecule has 3 heteroatoms. The summed E-state index contributed by atoms with van der Waals surface area (Å²) in [4.78, 5) is 10.8. The molecule has 0 aliphatic rings. The van der Waals surface area contributed by atoms with Crippen molar-refractivity contribution in [2.45, 2.75) is 27.7 Å². The molecule has 2 N–H and O–H groups in total. The first-order valence-electron chi connectivity index (χ1n) is 3.76. The minimum absolute atomic E-state index is 0. The molecule has 0 saturated heterocycles. The largest absolute Gasteiger partial charge is 0.369 e. The number of hydrogen-bond acceptors (Lipinski definition) is 1. The van der Waals surface area contributed by atoms with Crippen LogP contribution >= 0.6 is 0 Å². The molecule has 1 amide bonds. The molecule has 0 aliphatic carbocycles. The number of rotatable bonds is 3. The number of carbonyl (C=O) groups excluding carboxylic acids is 1. The van der Waals surface area contributed by atoms with Crippen molar-refractivity contribution in [3.8, 4) is 0 Å². The van der Waals surface area contributed by atoms with Gasteiger partial charge in [0, 0.05) is 24.8 Å². The summed E-state index contributed by atoms with van der Waals surface area (Å²) >= 11 is 0. The normalized spacial score (nSPS) is 10.5. The van der Waals surface area contributed by atoms with Crippen LogP contribution < -0.4 is 5.73 Å². The SMILES string of the molecule is CC(C)C(C(N)=O)C(C)C.[Li]. The van der Waals surface area contributed by atoms with Crippen molar-refractivity contribution in [2.24, 2.45) is 23.5 Å². The van der Waals surface area contributed by atoms with Crippen molar-refractivity contribution in [3.05, 3.63) is 0 Å². The van der Waals surface area contributed by atoms with E-state index in [9.17, 15) is 4.79 Å². The summed E-state index contributed by atoms with van der Waals surface area (Å²) in [7, 11) is 0. The molecule has 0 saturated carbocycles. The smallest absolute Gasteiger partial charge is 0.221 e. The van der Waals surface area contributed by atoms with Crippen molar-refractivity contribution in [2.75, 3.05) is 0 Å². The van der Waals surface area contributed by atoms with Crippen LogP contribution in [-0.4, -0.2) is 24.8 Å². The van der Waals surface area contributed by atoms with E-state index in [0.717, 1.165) is 0 Å². The second-order valence-corrected chi connectivity index (χ2v) is 3.42. The van der Waals surface area contributed by atoms with Gasteiger partial charge in [-0.05, 0) is 11.8 Å². The van der Waals surface area contributed by atoms with Crippen LogP contribution in [0.25, 0.3) is 0 Å². The average Bonchev–Trinajstić information content (AvgIpc) is 1.59. The van der Waals surface area contributed by atoms with Crippen LogP contribution in [-0.2, 0) is 4.79 Å². The zero-order chi connectivity index (χ0) is 8.31. The molecule has 0 aliphatic heterocycles. The molecule has 0 rings (SSSR count). The maximum atomic E-state index is 10.8. The number of amides is 1. The fourth-order valence-electron chi connectivity index (χ4n) is 1.43. The molecule has 0 aromatic heterocycles. The summed E-state index contributed by atoms with van der Waals surface area (Å²) in [5, 5.41) is 0. The van der Waals surface area contributed by atoms with Gasteiger partial charge in [0.25, 0.3) is 0 Å². The molecule has 11 heavy (non-hydrogen) atoms. The van der Waals surface area contributed by atoms with Gasteiger partial charge in [-0.25, -0.2) is 0 Å². The molecule has 0 fully saturated rings. The van der Waals surface area contributed by atoms with Crippen LogP contribution in [0.5, 0.6) is 0 Å². The molecule has 0 bridgehead atoms. The first-order chi connectivity index (χ1) is 4.46. The van der Waals surface area contributed by atoms with Crippen molar-refractivity contribution in [1.82, 2.24) is 0 Å². The fourth-order valence-corrected chi connectivity index (χ4v) is 1.43. The van der Waals surface area contributed by atoms with E-state index in [2.05, 4.69) is 0 Å². The van der Waals surface area contributed by atoms with Crippen LogP contribution in [0.1, 0.15) is 27.7 Å². The molecule has 2 nitrogen and oxygen atoms in total. The van der Waals surface area contributed by atoms with Crippen LogP contribution in [0.3, 0.4) is 0 Å². The van der Waals surface area contributed by atoms with Gasteiger partial charge in [0.05, 0.1) is 0 Å². The monoisotopic (exact) mass is 150 g/mol. The van der Waals surface area contributed by atoms with E-state index in [0.29, 0.717) is 11.8 Å². The van der Waals surface area contributed by atoms with Gasteiger partial charge in [0.2, 0.25) is 5.91 Å². The Kier molecular flexibility index (Phi) is 7.05. The number of primary amides is 1. The maximum absolute atomic E-state index is 10.8. The quantitative estimate of drug-likeness (QED) is 0.599. The van der Waals surface area contributed by atoms with Crippen molar-refractivity contribution < 1.29 is 4.79 Å². The first kappa shape index (κ1) is 13.6. The van der Waals surface area contributed by atoms with Crippen molar-refractivity contribution in [1.29, 1.82) is 0 Å². The minimum atomic E-state index is -0.176. The predicted octanol–water partition coefficient (Wildman–Crippen LogP) is 1.02. The van der Waals surface area contributed by atoms with E-state index in [1.54, 1.807) is 0 Å². The fraction of sp³-hybridized carbons (Fsp3) is 0.875. The van der Waals surface area contributed by atoms with Gasteiger partial charge in [-0.15, -0.1) is 0 Å². The third kappa shape index (κ3) is 4.50. The standard InChI is InChI=1S/C8H17NO.Li/c1-5(2)7(6(3)4)8(9)10;/h5-7H,1-4H3,(H2,9,10);. The zero-order valence-electron chi connectivity index (χ0n) is 8.22. The summed E-state index contributed by atoms with van der Waals surface area (Å²) in [5.74, 6) is 0.569. The molecule has 0 aromatic carbocycles. The molecular weight excluding hydrogens is 133 g/mol. The van der Waals surface area contributed by atoms with Gasteiger partial charge >= 0.3 is 0 Å². The molecule has 0 aromatic rings. The van der Waals surface area contributed by atoms with Gasteiger partial charge in [-0.3, -0.25) is 4.79 Å². The Morgan fingerprint density at radius 1 is 1.09 bits per heavy atom. The average molecular weight is 150 g/mol. The van der Waals surface area contributed by atoms with Crippen LogP contribution in [0, 0.1) is 17.8 Å². The van der Waals surface area contributed by atoms with Crippen LogP contribution in [0.4, 0.5) is 0 Å². The molecule has 0 atom stereocenters. The Balaban J connectivity index is 0. The second kappa shape index (κ2) is 5.68. The summed E-state index contributed by atoms with van der Waals surface area (Å²) in [6.07, 6.45) is 0. The Morgan fingerprint density at radius 2 is 1.36 bits per heavy atom. The molecule has 0 unspecified atom stereocenters. The number of nitrogens with two attached hydrogens (primary N) is 1. The van der Waals surface area contributed by atoms with E-state index in [1.807, 2.05) is 27.7 Å². The number of hydrogen-bond donors (Lipinski definition) is 1. The van der Waals surface area contributed by atoms with Gasteiger partial charge < -0.3 is 5.73 Å². The Labute approximate surface area is 81.1 Å². The van der Waals surface area contributed by atoms with Crippen molar-refractivity contribution in [3.63, 3.8) is 0 Å². The van der Waals surface area contributed by atoms with E-state index in [1.165, 1.54) is 0 Å². The van der Waals surface area contributed by atoms with Gasteiger partial charge in [-0.1, -0.05) is 27.7 Å². The van der Waals surface area contributed by atoms with Crippen molar-refractivity contribution >= 4 is 24.8 Å². The maximum Gasteiger partial charge on any atom is 0.221 e. The third-order valence-electron chi connectivity index (χ3n) is 1.76. The molecule has 0 heterocycles. The van der Waals surface area contributed by atoms with Crippen LogP contribution in [0.15, 0.2) is 0 Å². The Morgan fingerprint density at radius 3 is 1.36 bits per heavy atom. The second-order valence-electron chi connectivity index (χ2n) is 3.42. The first-order valence-corrected chi connectivity index (χ1v) is 3.76. The minimum Gasteiger partial charge on any atom is -0.369 e. The summed E-state index contributed by atoms with van der Waals surface area (Å²) in [6, 6.07) is 0.